The van der Waals surface area contributed by atoms with Crippen molar-refractivity contribution in [3.63, 3.8) is 0 Å². The second-order valence-corrected chi connectivity index (χ2v) is 6.95. The largest absolute Gasteiger partial charge is 0.325 e. The third kappa shape index (κ3) is 2.26. The number of benzene rings is 1. The summed E-state index contributed by atoms with van der Waals surface area (Å²) in [5.41, 5.74) is 3.70. The van der Waals surface area contributed by atoms with E-state index < -0.39 is 0 Å². The summed E-state index contributed by atoms with van der Waals surface area (Å²) in [5, 5.41) is 9.10. The van der Waals surface area contributed by atoms with E-state index in [2.05, 4.69) is 16.8 Å². The van der Waals surface area contributed by atoms with Crippen LogP contribution in [-0.4, -0.2) is 5.91 Å². The quantitative estimate of drug-likeness (QED) is 0.697. The molecule has 1 atom stereocenters. The zero-order valence-corrected chi connectivity index (χ0v) is 13.1. The Morgan fingerprint density at radius 2 is 2.14 bits per heavy atom. The SMILES string of the molecule is O=C1C[C@@H](c2ccsc2)c2scc(-c3cccc(F)c3)c2N1. The molecule has 0 saturated carbocycles. The minimum atomic E-state index is -0.269. The topological polar surface area (TPSA) is 29.1 Å². The summed E-state index contributed by atoms with van der Waals surface area (Å²) < 4.78 is 13.5. The lowest BCUT2D eigenvalue weighted by atomic mass is 9.91. The smallest absolute Gasteiger partial charge is 0.225 e. The van der Waals surface area contributed by atoms with Gasteiger partial charge in [-0.05, 0) is 40.1 Å². The van der Waals surface area contributed by atoms with Crippen LogP contribution < -0.4 is 5.32 Å². The molecular weight excluding hydrogens is 317 g/mol. The van der Waals surface area contributed by atoms with Gasteiger partial charge in [0, 0.05) is 28.2 Å². The van der Waals surface area contributed by atoms with E-state index in [4.69, 9.17) is 0 Å². The lowest BCUT2D eigenvalue weighted by Crippen LogP contribution is -2.22. The Kier molecular flexibility index (Phi) is 3.32. The maximum atomic E-state index is 13.5. The Labute approximate surface area is 135 Å². The van der Waals surface area contributed by atoms with Crippen LogP contribution in [-0.2, 0) is 4.79 Å². The van der Waals surface area contributed by atoms with Gasteiger partial charge in [0.2, 0.25) is 5.91 Å². The Balaban J connectivity index is 1.84. The van der Waals surface area contributed by atoms with Crippen LogP contribution in [0.1, 0.15) is 22.8 Å². The fourth-order valence-corrected chi connectivity index (χ4v) is 4.71. The van der Waals surface area contributed by atoms with E-state index in [0.717, 1.165) is 21.7 Å². The molecule has 1 aliphatic heterocycles. The molecular formula is C17H12FNOS2. The first-order chi connectivity index (χ1) is 10.7. The molecule has 2 aromatic heterocycles. The number of carbonyl (C=O) groups excluding carboxylic acids is 1. The molecule has 0 unspecified atom stereocenters. The molecule has 0 fully saturated rings. The van der Waals surface area contributed by atoms with Crippen molar-refractivity contribution >= 4 is 34.3 Å². The van der Waals surface area contributed by atoms with E-state index in [1.165, 1.54) is 17.7 Å². The summed E-state index contributed by atoms with van der Waals surface area (Å²) in [4.78, 5) is 13.3. The number of anilines is 1. The van der Waals surface area contributed by atoms with E-state index in [1.807, 2.05) is 16.8 Å². The fourth-order valence-electron chi connectivity index (χ4n) is 2.84. The predicted molar refractivity (Wildman–Crippen MR) is 89.1 cm³/mol. The van der Waals surface area contributed by atoms with E-state index >= 15 is 0 Å². The van der Waals surface area contributed by atoms with Crippen LogP contribution in [0.4, 0.5) is 10.1 Å². The number of carbonyl (C=O) groups is 1. The molecule has 22 heavy (non-hydrogen) atoms. The van der Waals surface area contributed by atoms with Crippen LogP contribution in [0.3, 0.4) is 0 Å². The van der Waals surface area contributed by atoms with Gasteiger partial charge in [0.15, 0.2) is 0 Å². The highest BCUT2D eigenvalue weighted by atomic mass is 32.1. The van der Waals surface area contributed by atoms with Crippen molar-refractivity contribution in [2.24, 2.45) is 0 Å². The molecule has 2 nitrogen and oxygen atoms in total. The average Bonchev–Trinajstić information content (AvgIpc) is 3.16. The van der Waals surface area contributed by atoms with Crippen LogP contribution >= 0.6 is 22.7 Å². The summed E-state index contributed by atoms with van der Waals surface area (Å²) >= 11 is 3.27. The monoisotopic (exact) mass is 329 g/mol. The number of nitrogens with one attached hydrogen (secondary N) is 1. The van der Waals surface area contributed by atoms with Crippen molar-refractivity contribution in [1.82, 2.24) is 0 Å². The standard InChI is InChI=1S/C17H12FNOS2/c18-12-3-1-2-10(6-12)14-9-22-17-13(11-4-5-21-8-11)7-15(20)19-16(14)17/h1-6,8-9,13H,7H2,(H,19,20)/t13-/m0/s1. The first kappa shape index (κ1) is 13.7. The molecule has 4 rings (SSSR count). The normalized spacial score (nSPS) is 17.1. The van der Waals surface area contributed by atoms with Crippen molar-refractivity contribution in [2.45, 2.75) is 12.3 Å². The van der Waals surface area contributed by atoms with E-state index in [0.29, 0.717) is 6.42 Å². The summed E-state index contributed by atoms with van der Waals surface area (Å²) in [6, 6.07) is 8.55. The number of thiophene rings is 2. The van der Waals surface area contributed by atoms with E-state index in [-0.39, 0.29) is 17.6 Å². The van der Waals surface area contributed by atoms with E-state index in [1.54, 1.807) is 28.7 Å². The number of hydrogen-bond acceptors (Lipinski definition) is 3. The Bertz CT molecular complexity index is 838. The van der Waals surface area contributed by atoms with Gasteiger partial charge in [-0.1, -0.05) is 12.1 Å². The van der Waals surface area contributed by atoms with Crippen molar-refractivity contribution in [3.05, 3.63) is 62.7 Å². The van der Waals surface area contributed by atoms with Crippen LogP contribution in [0, 0.1) is 5.82 Å². The summed E-state index contributed by atoms with van der Waals surface area (Å²) in [5.74, 6) is -0.156. The molecule has 3 heterocycles. The lowest BCUT2D eigenvalue weighted by Gasteiger charge is -2.23. The first-order valence-corrected chi connectivity index (χ1v) is 8.74. The van der Waals surface area contributed by atoms with Gasteiger partial charge >= 0.3 is 0 Å². The number of rotatable bonds is 2. The summed E-state index contributed by atoms with van der Waals surface area (Å²) in [7, 11) is 0. The van der Waals surface area contributed by atoms with Gasteiger partial charge in [0.05, 0.1) is 5.69 Å². The van der Waals surface area contributed by atoms with Gasteiger partial charge in [0.1, 0.15) is 5.82 Å². The molecule has 0 spiro atoms. The minimum absolute atomic E-state index is 0.0137. The molecule has 110 valence electrons. The average molecular weight is 329 g/mol. The molecule has 1 aliphatic rings. The zero-order valence-electron chi connectivity index (χ0n) is 11.5. The molecule has 0 aliphatic carbocycles. The Morgan fingerprint density at radius 3 is 2.91 bits per heavy atom. The van der Waals surface area contributed by atoms with E-state index in [9.17, 15) is 9.18 Å². The van der Waals surface area contributed by atoms with Crippen molar-refractivity contribution in [2.75, 3.05) is 5.32 Å². The molecule has 3 aromatic rings. The van der Waals surface area contributed by atoms with Crippen LogP contribution in [0.25, 0.3) is 11.1 Å². The second-order valence-electron chi connectivity index (χ2n) is 5.26. The van der Waals surface area contributed by atoms with Crippen LogP contribution in [0.15, 0.2) is 46.5 Å². The molecule has 0 radical (unpaired) electrons. The summed E-state index contributed by atoms with van der Waals surface area (Å²) in [6.07, 6.45) is 0.465. The molecule has 1 amide bonds. The lowest BCUT2D eigenvalue weighted by molar-refractivity contribution is -0.116. The summed E-state index contributed by atoms with van der Waals surface area (Å²) in [6.45, 7) is 0. The Hall–Kier alpha value is -1.98. The van der Waals surface area contributed by atoms with Gasteiger partial charge in [-0.3, -0.25) is 4.79 Å². The van der Waals surface area contributed by atoms with Crippen molar-refractivity contribution < 1.29 is 9.18 Å². The maximum Gasteiger partial charge on any atom is 0.225 e. The third-order valence-electron chi connectivity index (χ3n) is 3.87. The number of halogens is 1. The highest BCUT2D eigenvalue weighted by Gasteiger charge is 2.30. The molecule has 5 heteroatoms. The molecule has 0 bridgehead atoms. The van der Waals surface area contributed by atoms with Crippen molar-refractivity contribution in [1.29, 1.82) is 0 Å². The number of amides is 1. The van der Waals surface area contributed by atoms with Gasteiger partial charge < -0.3 is 5.32 Å². The second kappa shape index (κ2) is 5.34. The van der Waals surface area contributed by atoms with Gasteiger partial charge in [0.25, 0.3) is 0 Å². The Morgan fingerprint density at radius 1 is 1.23 bits per heavy atom. The highest BCUT2D eigenvalue weighted by Crippen LogP contribution is 2.46. The molecule has 1 aromatic carbocycles. The zero-order chi connectivity index (χ0) is 15.1. The third-order valence-corrected chi connectivity index (χ3v) is 5.67. The number of hydrogen-bond donors (Lipinski definition) is 1. The molecule has 0 saturated heterocycles. The fraction of sp³-hybridized carbons (Fsp3) is 0.118. The highest BCUT2D eigenvalue weighted by molar-refractivity contribution is 7.11. The van der Waals surface area contributed by atoms with Gasteiger partial charge in [-0.15, -0.1) is 11.3 Å². The van der Waals surface area contributed by atoms with Crippen molar-refractivity contribution in [3.8, 4) is 11.1 Å². The van der Waals surface area contributed by atoms with Crippen LogP contribution in [0.5, 0.6) is 0 Å². The maximum absolute atomic E-state index is 13.5. The minimum Gasteiger partial charge on any atom is -0.325 e. The first-order valence-electron chi connectivity index (χ1n) is 6.91. The molecule has 1 N–H and O–H groups in total. The predicted octanol–water partition coefficient (Wildman–Crippen LogP) is 5.09. The van der Waals surface area contributed by atoms with Crippen LogP contribution in [0.2, 0.25) is 0 Å². The van der Waals surface area contributed by atoms with Gasteiger partial charge in [-0.25, -0.2) is 4.39 Å². The van der Waals surface area contributed by atoms with Gasteiger partial charge in [-0.2, -0.15) is 11.3 Å². The number of fused-ring (bicyclic) bond motifs is 1.